The number of aliphatic hydroxyl groups excluding tert-OH is 1. The molecule has 0 amide bonds. The first-order chi connectivity index (χ1) is 8.20. The van der Waals surface area contributed by atoms with E-state index in [1.54, 1.807) is 25.1 Å². The Morgan fingerprint density at radius 1 is 1.53 bits per heavy atom. The van der Waals surface area contributed by atoms with Crippen LogP contribution >= 0.6 is 11.8 Å². The molecular weight excluding hydrogens is 236 g/mol. The van der Waals surface area contributed by atoms with Gasteiger partial charge in [-0.2, -0.15) is 10.4 Å². The van der Waals surface area contributed by atoms with Crippen LogP contribution in [0, 0.1) is 11.3 Å². The van der Waals surface area contributed by atoms with E-state index in [-0.39, 0.29) is 0 Å². The standard InChI is InChI=1S/C11H10N4OS/c1-7(16)9-3-2-8(5-12)4-10(9)17-11-13-6-14-15-11/h2-4,6-7,16H,1H3,(H,13,14,15)/t7-/m0/s1. The Bertz CT molecular complexity index is 545. The molecule has 0 bridgehead atoms. The molecular formula is C11H10N4OS. The molecule has 0 spiro atoms. The number of hydrogen-bond donors (Lipinski definition) is 2. The molecule has 2 N–H and O–H groups in total. The summed E-state index contributed by atoms with van der Waals surface area (Å²) in [6.45, 7) is 1.69. The quantitative estimate of drug-likeness (QED) is 0.863. The monoisotopic (exact) mass is 246 g/mol. The lowest BCUT2D eigenvalue weighted by molar-refractivity contribution is 0.196. The smallest absolute Gasteiger partial charge is 0.188 e. The van der Waals surface area contributed by atoms with Crippen LogP contribution in [0.2, 0.25) is 0 Å². The summed E-state index contributed by atoms with van der Waals surface area (Å²) in [5.74, 6) is 0. The van der Waals surface area contributed by atoms with Crippen molar-refractivity contribution in [2.24, 2.45) is 0 Å². The van der Waals surface area contributed by atoms with Crippen molar-refractivity contribution in [2.45, 2.75) is 23.1 Å². The first-order valence-electron chi connectivity index (χ1n) is 4.96. The predicted molar refractivity (Wildman–Crippen MR) is 62.3 cm³/mol. The molecule has 0 aliphatic carbocycles. The molecule has 1 aromatic heterocycles. The molecule has 1 heterocycles. The fraction of sp³-hybridized carbons (Fsp3) is 0.182. The summed E-state index contributed by atoms with van der Waals surface area (Å²) < 4.78 is 0. The van der Waals surface area contributed by atoms with Crippen molar-refractivity contribution in [3.8, 4) is 6.07 Å². The Balaban J connectivity index is 2.39. The summed E-state index contributed by atoms with van der Waals surface area (Å²) >= 11 is 1.34. The third-order valence-electron chi connectivity index (χ3n) is 2.19. The minimum absolute atomic E-state index is 0.552. The van der Waals surface area contributed by atoms with Gasteiger partial charge in [-0.1, -0.05) is 6.07 Å². The van der Waals surface area contributed by atoms with Gasteiger partial charge in [0.15, 0.2) is 5.16 Å². The van der Waals surface area contributed by atoms with Crippen LogP contribution < -0.4 is 0 Å². The van der Waals surface area contributed by atoms with Crippen molar-refractivity contribution in [3.05, 3.63) is 35.7 Å². The van der Waals surface area contributed by atoms with Gasteiger partial charge in [0.05, 0.1) is 17.7 Å². The van der Waals surface area contributed by atoms with Gasteiger partial charge in [0.25, 0.3) is 0 Å². The largest absolute Gasteiger partial charge is 0.389 e. The average Bonchev–Trinajstić information content (AvgIpc) is 2.81. The number of benzene rings is 1. The van der Waals surface area contributed by atoms with E-state index in [9.17, 15) is 5.11 Å². The van der Waals surface area contributed by atoms with Gasteiger partial charge in [0.2, 0.25) is 0 Å². The molecule has 6 heteroatoms. The van der Waals surface area contributed by atoms with E-state index in [0.29, 0.717) is 10.7 Å². The van der Waals surface area contributed by atoms with Crippen LogP contribution in [0.15, 0.2) is 34.6 Å². The van der Waals surface area contributed by atoms with Crippen LogP contribution in [0.5, 0.6) is 0 Å². The average molecular weight is 246 g/mol. The van der Waals surface area contributed by atoms with Crippen molar-refractivity contribution in [1.29, 1.82) is 5.26 Å². The normalized spacial score (nSPS) is 12.1. The van der Waals surface area contributed by atoms with E-state index >= 15 is 0 Å². The number of nitrogens with zero attached hydrogens (tertiary/aromatic N) is 3. The highest BCUT2D eigenvalue weighted by atomic mass is 32.2. The summed E-state index contributed by atoms with van der Waals surface area (Å²) in [7, 11) is 0. The first kappa shape index (κ1) is 11.6. The van der Waals surface area contributed by atoms with E-state index < -0.39 is 6.10 Å². The van der Waals surface area contributed by atoms with Crippen LogP contribution in [0.1, 0.15) is 24.2 Å². The lowest BCUT2D eigenvalue weighted by Crippen LogP contribution is -1.95. The predicted octanol–water partition coefficient (Wildman–Crippen LogP) is 1.88. The lowest BCUT2D eigenvalue weighted by atomic mass is 10.1. The second-order valence-corrected chi connectivity index (χ2v) is 4.46. The Labute approximate surface area is 103 Å². The minimum atomic E-state index is -0.590. The molecule has 0 unspecified atom stereocenters. The van der Waals surface area contributed by atoms with Crippen molar-refractivity contribution >= 4 is 11.8 Å². The highest BCUT2D eigenvalue weighted by molar-refractivity contribution is 7.99. The van der Waals surface area contributed by atoms with Gasteiger partial charge in [-0.3, -0.25) is 5.10 Å². The highest BCUT2D eigenvalue weighted by Gasteiger charge is 2.11. The molecule has 0 saturated carbocycles. The van der Waals surface area contributed by atoms with Gasteiger partial charge in [-0.25, -0.2) is 4.98 Å². The van der Waals surface area contributed by atoms with Crippen LogP contribution in [0.3, 0.4) is 0 Å². The molecule has 0 saturated heterocycles. The fourth-order valence-electron chi connectivity index (χ4n) is 1.39. The molecule has 0 fully saturated rings. The van der Waals surface area contributed by atoms with Crippen molar-refractivity contribution < 1.29 is 5.11 Å². The van der Waals surface area contributed by atoms with Crippen LogP contribution in [0.25, 0.3) is 0 Å². The van der Waals surface area contributed by atoms with Crippen molar-refractivity contribution in [3.63, 3.8) is 0 Å². The zero-order valence-electron chi connectivity index (χ0n) is 9.08. The van der Waals surface area contributed by atoms with Crippen LogP contribution in [0.4, 0.5) is 0 Å². The Kier molecular flexibility index (Phi) is 3.42. The summed E-state index contributed by atoms with van der Waals surface area (Å²) in [5.41, 5.74) is 1.32. The number of hydrogen-bond acceptors (Lipinski definition) is 5. The summed E-state index contributed by atoms with van der Waals surface area (Å²) in [5, 5.41) is 25.6. The number of nitriles is 1. The van der Waals surface area contributed by atoms with E-state index in [1.807, 2.05) is 0 Å². The van der Waals surface area contributed by atoms with Gasteiger partial charge in [-0.15, -0.1) is 0 Å². The SMILES string of the molecule is C[C@H](O)c1ccc(C#N)cc1Sc1ncn[nH]1. The maximum Gasteiger partial charge on any atom is 0.188 e. The Morgan fingerprint density at radius 3 is 2.94 bits per heavy atom. The van der Waals surface area contributed by atoms with E-state index in [2.05, 4.69) is 21.3 Å². The third-order valence-corrected chi connectivity index (χ3v) is 3.16. The summed E-state index contributed by atoms with van der Waals surface area (Å²) in [6, 6.07) is 7.24. The lowest BCUT2D eigenvalue weighted by Gasteiger charge is -2.10. The molecule has 2 rings (SSSR count). The van der Waals surface area contributed by atoms with Gasteiger partial charge in [0.1, 0.15) is 6.33 Å². The summed E-state index contributed by atoms with van der Waals surface area (Å²) in [4.78, 5) is 4.80. The van der Waals surface area contributed by atoms with Gasteiger partial charge < -0.3 is 5.11 Å². The molecule has 1 atom stereocenters. The topological polar surface area (TPSA) is 85.6 Å². The molecule has 0 aliphatic heterocycles. The number of rotatable bonds is 3. The molecule has 5 nitrogen and oxygen atoms in total. The summed E-state index contributed by atoms with van der Waals surface area (Å²) in [6.07, 6.45) is 0.826. The number of H-pyrrole nitrogens is 1. The molecule has 2 aromatic rings. The highest BCUT2D eigenvalue weighted by Crippen LogP contribution is 2.31. The molecule has 17 heavy (non-hydrogen) atoms. The molecule has 86 valence electrons. The zero-order valence-corrected chi connectivity index (χ0v) is 9.90. The Morgan fingerprint density at radius 2 is 2.35 bits per heavy atom. The maximum absolute atomic E-state index is 9.65. The Hall–Kier alpha value is -1.84. The number of aromatic amines is 1. The van der Waals surface area contributed by atoms with Gasteiger partial charge in [-0.05, 0) is 36.4 Å². The fourth-order valence-corrected chi connectivity index (χ4v) is 2.33. The number of nitrogens with one attached hydrogen (secondary N) is 1. The second-order valence-electron chi connectivity index (χ2n) is 3.43. The zero-order chi connectivity index (χ0) is 12.3. The van der Waals surface area contributed by atoms with E-state index in [4.69, 9.17) is 5.26 Å². The molecule has 0 radical (unpaired) electrons. The van der Waals surface area contributed by atoms with E-state index in [0.717, 1.165) is 10.5 Å². The number of aromatic nitrogens is 3. The second kappa shape index (κ2) is 4.99. The molecule has 1 aromatic carbocycles. The maximum atomic E-state index is 9.65. The number of aliphatic hydroxyl groups is 1. The van der Waals surface area contributed by atoms with E-state index in [1.165, 1.54) is 18.1 Å². The van der Waals surface area contributed by atoms with Crippen molar-refractivity contribution in [1.82, 2.24) is 15.2 Å². The van der Waals surface area contributed by atoms with Crippen LogP contribution in [-0.2, 0) is 0 Å². The van der Waals surface area contributed by atoms with Gasteiger partial charge >= 0.3 is 0 Å². The van der Waals surface area contributed by atoms with Crippen LogP contribution in [-0.4, -0.2) is 20.3 Å². The minimum Gasteiger partial charge on any atom is -0.389 e. The van der Waals surface area contributed by atoms with Crippen molar-refractivity contribution in [2.75, 3.05) is 0 Å². The third kappa shape index (κ3) is 2.64. The molecule has 0 aliphatic rings. The first-order valence-corrected chi connectivity index (χ1v) is 5.77. The van der Waals surface area contributed by atoms with Gasteiger partial charge in [0, 0.05) is 4.90 Å².